The van der Waals surface area contributed by atoms with Gasteiger partial charge in [-0.2, -0.15) is 0 Å². The van der Waals surface area contributed by atoms with E-state index in [9.17, 15) is 4.79 Å². The Balaban J connectivity index is 3.25. The fourth-order valence-electron chi connectivity index (χ4n) is 1.52. The lowest BCUT2D eigenvalue weighted by molar-refractivity contribution is -0.142. The molecule has 0 bridgehead atoms. The molecule has 2 N–H and O–H groups in total. The Bertz CT molecular complexity index is 406. The number of benzene rings is 1. The Labute approximate surface area is 99.3 Å². The highest BCUT2D eigenvalue weighted by Gasteiger charge is 2.22. The average Bonchev–Trinajstić information content (AvgIpc) is 2.26. The van der Waals surface area contributed by atoms with Crippen LogP contribution in [0, 0.1) is 6.92 Å². The molecule has 0 radical (unpaired) electrons. The van der Waals surface area contributed by atoms with Gasteiger partial charge in [-0.15, -0.1) is 0 Å². The van der Waals surface area contributed by atoms with Crippen molar-refractivity contribution in [3.63, 3.8) is 0 Å². The monoisotopic (exact) mass is 243 g/mol. The van der Waals surface area contributed by atoms with Crippen molar-refractivity contribution >= 4 is 17.6 Å². The number of aryl methyl sites for hydroxylation is 1. The molecule has 0 spiro atoms. The van der Waals surface area contributed by atoms with E-state index in [2.05, 4.69) is 4.74 Å². The Morgan fingerprint density at radius 1 is 1.44 bits per heavy atom. The molecule has 0 aliphatic heterocycles. The summed E-state index contributed by atoms with van der Waals surface area (Å²) in [6, 6.07) is 2.46. The summed E-state index contributed by atoms with van der Waals surface area (Å²) in [4.78, 5) is 11.4. The van der Waals surface area contributed by atoms with Crippen LogP contribution in [0.15, 0.2) is 12.1 Å². The molecule has 0 aliphatic carbocycles. The number of nitrogens with two attached hydrogens (primary N) is 1. The quantitative estimate of drug-likeness (QED) is 0.823. The van der Waals surface area contributed by atoms with Gasteiger partial charge in [0, 0.05) is 10.6 Å². The van der Waals surface area contributed by atoms with E-state index < -0.39 is 12.0 Å². The number of methoxy groups -OCH3 is 2. The van der Waals surface area contributed by atoms with Crippen LogP contribution in [0.5, 0.6) is 5.75 Å². The Kier molecular flexibility index (Phi) is 4.15. The minimum absolute atomic E-state index is 0.507. The first kappa shape index (κ1) is 12.8. The zero-order valence-electron chi connectivity index (χ0n) is 9.41. The summed E-state index contributed by atoms with van der Waals surface area (Å²) in [6.07, 6.45) is 0. The maximum Gasteiger partial charge on any atom is 0.327 e. The molecule has 0 aromatic heterocycles. The molecular formula is C11H14ClNO3. The van der Waals surface area contributed by atoms with Crippen LogP contribution < -0.4 is 10.5 Å². The highest BCUT2D eigenvalue weighted by atomic mass is 35.5. The molecular weight excluding hydrogens is 230 g/mol. The predicted molar refractivity (Wildman–Crippen MR) is 61.7 cm³/mol. The number of halogens is 1. The average molecular weight is 244 g/mol. The van der Waals surface area contributed by atoms with Crippen LogP contribution in [-0.2, 0) is 9.53 Å². The van der Waals surface area contributed by atoms with E-state index in [4.69, 9.17) is 22.1 Å². The summed E-state index contributed by atoms with van der Waals surface area (Å²) in [7, 11) is 2.80. The van der Waals surface area contributed by atoms with Gasteiger partial charge in [-0.25, -0.2) is 0 Å². The van der Waals surface area contributed by atoms with E-state index in [1.54, 1.807) is 12.1 Å². The number of ether oxygens (including phenoxy) is 2. The van der Waals surface area contributed by atoms with Crippen molar-refractivity contribution < 1.29 is 14.3 Å². The van der Waals surface area contributed by atoms with Crippen LogP contribution in [-0.4, -0.2) is 20.2 Å². The van der Waals surface area contributed by atoms with Gasteiger partial charge in [0.1, 0.15) is 11.8 Å². The van der Waals surface area contributed by atoms with Gasteiger partial charge in [-0.05, 0) is 24.6 Å². The molecule has 1 rings (SSSR count). The van der Waals surface area contributed by atoms with Gasteiger partial charge in [0.25, 0.3) is 0 Å². The van der Waals surface area contributed by atoms with Crippen LogP contribution in [0.1, 0.15) is 17.2 Å². The van der Waals surface area contributed by atoms with E-state index in [1.807, 2.05) is 6.92 Å². The van der Waals surface area contributed by atoms with Gasteiger partial charge >= 0.3 is 5.97 Å². The van der Waals surface area contributed by atoms with E-state index in [1.165, 1.54) is 14.2 Å². The second-order valence-electron chi connectivity index (χ2n) is 3.35. The molecule has 1 aromatic carbocycles. The summed E-state index contributed by atoms with van der Waals surface area (Å²) in [5, 5.41) is 0.507. The lowest BCUT2D eigenvalue weighted by atomic mass is 10.0. The van der Waals surface area contributed by atoms with Crippen LogP contribution in [0.4, 0.5) is 0 Å². The summed E-state index contributed by atoms with van der Waals surface area (Å²) in [5.41, 5.74) is 7.10. The van der Waals surface area contributed by atoms with Gasteiger partial charge in [-0.1, -0.05) is 11.6 Å². The van der Waals surface area contributed by atoms with Crippen LogP contribution in [0.3, 0.4) is 0 Å². The molecule has 1 unspecified atom stereocenters. The molecule has 5 heteroatoms. The number of carbonyl (C=O) groups is 1. The van der Waals surface area contributed by atoms with Gasteiger partial charge in [-0.3, -0.25) is 4.79 Å². The first-order valence-electron chi connectivity index (χ1n) is 4.68. The molecule has 0 fully saturated rings. The first-order chi connectivity index (χ1) is 7.51. The minimum Gasteiger partial charge on any atom is -0.496 e. The lowest BCUT2D eigenvalue weighted by Crippen LogP contribution is -2.23. The number of hydrogen-bond acceptors (Lipinski definition) is 4. The molecule has 0 aliphatic rings. The van der Waals surface area contributed by atoms with Gasteiger partial charge < -0.3 is 15.2 Å². The Hall–Kier alpha value is -1.26. The SMILES string of the molecule is COC(=O)C(N)c1cc(Cl)cc(C)c1OC. The van der Waals surface area contributed by atoms with Crippen molar-refractivity contribution in [1.82, 2.24) is 0 Å². The molecule has 16 heavy (non-hydrogen) atoms. The third-order valence-corrected chi connectivity index (χ3v) is 2.48. The second kappa shape index (κ2) is 5.18. The van der Waals surface area contributed by atoms with Crippen molar-refractivity contribution in [3.05, 3.63) is 28.3 Å². The second-order valence-corrected chi connectivity index (χ2v) is 3.78. The summed E-state index contributed by atoms with van der Waals surface area (Å²) >= 11 is 5.91. The zero-order valence-corrected chi connectivity index (χ0v) is 10.2. The van der Waals surface area contributed by atoms with Crippen molar-refractivity contribution in [2.24, 2.45) is 5.73 Å². The minimum atomic E-state index is -0.891. The predicted octanol–water partition coefficient (Wildman–Crippen LogP) is 1.83. The van der Waals surface area contributed by atoms with E-state index in [-0.39, 0.29) is 0 Å². The van der Waals surface area contributed by atoms with E-state index in [0.29, 0.717) is 16.3 Å². The van der Waals surface area contributed by atoms with Crippen LogP contribution in [0.2, 0.25) is 5.02 Å². The first-order valence-corrected chi connectivity index (χ1v) is 5.06. The Morgan fingerprint density at radius 3 is 2.56 bits per heavy atom. The molecule has 0 heterocycles. The highest BCUT2D eigenvalue weighted by Crippen LogP contribution is 2.31. The van der Waals surface area contributed by atoms with Crippen molar-refractivity contribution in [3.8, 4) is 5.75 Å². The van der Waals surface area contributed by atoms with E-state index >= 15 is 0 Å². The summed E-state index contributed by atoms with van der Waals surface area (Å²) < 4.78 is 9.78. The molecule has 88 valence electrons. The molecule has 1 aromatic rings. The van der Waals surface area contributed by atoms with Gasteiger partial charge in [0.2, 0.25) is 0 Å². The topological polar surface area (TPSA) is 61.5 Å². The van der Waals surface area contributed by atoms with Gasteiger partial charge in [0.05, 0.1) is 14.2 Å². The molecule has 0 amide bonds. The third-order valence-electron chi connectivity index (χ3n) is 2.26. The summed E-state index contributed by atoms with van der Waals surface area (Å²) in [5.74, 6) is 0.0299. The highest BCUT2D eigenvalue weighted by molar-refractivity contribution is 6.30. The fraction of sp³-hybridized carbons (Fsp3) is 0.364. The Morgan fingerprint density at radius 2 is 2.06 bits per heavy atom. The van der Waals surface area contributed by atoms with Crippen molar-refractivity contribution in [2.45, 2.75) is 13.0 Å². The van der Waals surface area contributed by atoms with Crippen LogP contribution >= 0.6 is 11.6 Å². The lowest BCUT2D eigenvalue weighted by Gasteiger charge is -2.16. The number of rotatable bonds is 3. The largest absolute Gasteiger partial charge is 0.496 e. The van der Waals surface area contributed by atoms with Crippen molar-refractivity contribution in [2.75, 3.05) is 14.2 Å². The molecule has 1 atom stereocenters. The molecule has 0 saturated carbocycles. The normalized spacial score (nSPS) is 12.1. The maximum atomic E-state index is 11.4. The fourth-order valence-corrected chi connectivity index (χ4v) is 1.80. The molecule has 0 saturated heterocycles. The van der Waals surface area contributed by atoms with Crippen LogP contribution in [0.25, 0.3) is 0 Å². The van der Waals surface area contributed by atoms with Gasteiger partial charge in [0.15, 0.2) is 0 Å². The smallest absolute Gasteiger partial charge is 0.327 e. The van der Waals surface area contributed by atoms with Crippen molar-refractivity contribution in [1.29, 1.82) is 0 Å². The van der Waals surface area contributed by atoms with E-state index in [0.717, 1.165) is 5.56 Å². The maximum absolute atomic E-state index is 11.4. The number of carbonyl (C=O) groups excluding carboxylic acids is 1. The standard InChI is InChI=1S/C11H14ClNO3/c1-6-4-7(12)5-8(10(6)15-2)9(13)11(14)16-3/h4-5,9H,13H2,1-3H3. The zero-order chi connectivity index (χ0) is 12.3. The number of esters is 1. The third kappa shape index (κ3) is 2.46. The number of hydrogen-bond donors (Lipinski definition) is 1. The molecule has 4 nitrogen and oxygen atoms in total. The summed E-state index contributed by atoms with van der Waals surface area (Å²) in [6.45, 7) is 1.83.